The molecule has 1 aliphatic heterocycles. The lowest BCUT2D eigenvalue weighted by molar-refractivity contribution is 0.571. The van der Waals surface area contributed by atoms with Gasteiger partial charge in [-0.2, -0.15) is 4.39 Å². The van der Waals surface area contributed by atoms with Crippen LogP contribution in [0.4, 0.5) is 4.39 Å². The van der Waals surface area contributed by atoms with E-state index in [1.54, 1.807) is 18.5 Å². The third kappa shape index (κ3) is 2.90. The molecule has 0 saturated heterocycles. The number of halogens is 2. The highest BCUT2D eigenvalue weighted by molar-refractivity contribution is 6.35. The Kier molecular flexibility index (Phi) is 4.51. The van der Waals surface area contributed by atoms with Gasteiger partial charge in [0.2, 0.25) is 5.95 Å². The van der Waals surface area contributed by atoms with E-state index in [1.807, 2.05) is 22.8 Å². The fourth-order valence-electron chi connectivity index (χ4n) is 3.17. The highest BCUT2D eigenvalue weighted by Gasteiger charge is 2.28. The molecule has 1 unspecified atom stereocenters. The standard InChI is InChI=1S/C19H17ClFN5/c1-2-3-8-14-19-25-22-11-26(19)15-9-10-16(21)24-18(15)17(23-14)12-6-4-5-7-13(12)20/h4-7,9-11,14H,2-3,8H2,1H3. The van der Waals surface area contributed by atoms with Crippen LogP contribution in [0.3, 0.4) is 0 Å². The average Bonchev–Trinajstić information content (AvgIpc) is 3.08. The minimum Gasteiger partial charge on any atom is -0.281 e. The third-order valence-electron chi connectivity index (χ3n) is 4.44. The van der Waals surface area contributed by atoms with Gasteiger partial charge in [0.1, 0.15) is 18.1 Å². The fraction of sp³-hybridized carbons (Fsp3) is 0.263. The van der Waals surface area contributed by atoms with Crippen molar-refractivity contribution in [1.82, 2.24) is 19.7 Å². The van der Waals surface area contributed by atoms with E-state index in [1.165, 1.54) is 6.07 Å². The maximum atomic E-state index is 14.0. The molecule has 0 saturated carbocycles. The summed E-state index contributed by atoms with van der Waals surface area (Å²) in [6, 6.07) is 10.2. The fourth-order valence-corrected chi connectivity index (χ4v) is 3.39. The molecule has 0 amide bonds. The van der Waals surface area contributed by atoms with Gasteiger partial charge in [0, 0.05) is 5.56 Å². The molecule has 0 spiro atoms. The molecule has 0 N–H and O–H groups in total. The lowest BCUT2D eigenvalue weighted by atomic mass is 10.0. The highest BCUT2D eigenvalue weighted by atomic mass is 35.5. The summed E-state index contributed by atoms with van der Waals surface area (Å²) in [5, 5.41) is 8.86. The van der Waals surface area contributed by atoms with Crippen LogP contribution in [0.2, 0.25) is 5.02 Å². The number of hydrogen-bond donors (Lipinski definition) is 0. The van der Waals surface area contributed by atoms with Crippen LogP contribution in [0.25, 0.3) is 5.69 Å². The number of pyridine rings is 1. The van der Waals surface area contributed by atoms with Gasteiger partial charge in [0.05, 0.1) is 16.4 Å². The van der Waals surface area contributed by atoms with Crippen molar-refractivity contribution in [1.29, 1.82) is 0 Å². The zero-order valence-electron chi connectivity index (χ0n) is 14.2. The monoisotopic (exact) mass is 369 g/mol. The predicted molar refractivity (Wildman–Crippen MR) is 98.5 cm³/mol. The summed E-state index contributed by atoms with van der Waals surface area (Å²) in [5.41, 5.74) is 2.45. The third-order valence-corrected chi connectivity index (χ3v) is 4.77. The molecule has 7 heteroatoms. The van der Waals surface area contributed by atoms with Crippen molar-refractivity contribution < 1.29 is 4.39 Å². The summed E-state index contributed by atoms with van der Waals surface area (Å²) >= 11 is 6.42. The van der Waals surface area contributed by atoms with E-state index in [0.29, 0.717) is 22.1 Å². The molecule has 0 radical (unpaired) electrons. The summed E-state index contributed by atoms with van der Waals surface area (Å²) in [4.78, 5) is 9.05. The van der Waals surface area contributed by atoms with Crippen molar-refractivity contribution in [3.63, 3.8) is 0 Å². The van der Waals surface area contributed by atoms with Crippen LogP contribution in [0.15, 0.2) is 47.7 Å². The molecule has 1 aliphatic rings. The molecule has 0 aliphatic carbocycles. The first-order valence-corrected chi connectivity index (χ1v) is 8.96. The van der Waals surface area contributed by atoms with E-state index in [2.05, 4.69) is 22.1 Å². The number of nitrogens with zero attached hydrogens (tertiary/aromatic N) is 5. The molecule has 3 aromatic rings. The number of unbranched alkanes of at least 4 members (excludes halogenated alkanes) is 1. The second-order valence-electron chi connectivity index (χ2n) is 6.18. The Labute approximate surface area is 155 Å². The average molecular weight is 370 g/mol. The number of benzene rings is 1. The van der Waals surface area contributed by atoms with Gasteiger partial charge in [-0.05, 0) is 24.6 Å². The maximum Gasteiger partial charge on any atom is 0.213 e. The van der Waals surface area contributed by atoms with Crippen LogP contribution in [0.1, 0.15) is 49.3 Å². The van der Waals surface area contributed by atoms with Gasteiger partial charge in [-0.3, -0.25) is 9.56 Å². The first kappa shape index (κ1) is 16.8. The molecule has 5 nitrogen and oxygen atoms in total. The zero-order chi connectivity index (χ0) is 18.1. The molecule has 1 aromatic carbocycles. The molecule has 3 heterocycles. The van der Waals surface area contributed by atoms with Gasteiger partial charge in [0.25, 0.3) is 0 Å². The van der Waals surface area contributed by atoms with Crippen molar-refractivity contribution in [2.45, 2.75) is 32.2 Å². The molecular weight excluding hydrogens is 353 g/mol. The van der Waals surface area contributed by atoms with Crippen LogP contribution in [0.5, 0.6) is 0 Å². The van der Waals surface area contributed by atoms with Crippen LogP contribution in [0, 0.1) is 5.95 Å². The lowest BCUT2D eigenvalue weighted by Crippen LogP contribution is -2.11. The van der Waals surface area contributed by atoms with Gasteiger partial charge in [-0.15, -0.1) is 10.2 Å². The van der Waals surface area contributed by atoms with E-state index in [4.69, 9.17) is 16.6 Å². The van der Waals surface area contributed by atoms with E-state index in [-0.39, 0.29) is 6.04 Å². The minimum absolute atomic E-state index is 0.194. The Balaban J connectivity index is 1.98. The van der Waals surface area contributed by atoms with Gasteiger partial charge < -0.3 is 0 Å². The Bertz CT molecular complexity index is 982. The Morgan fingerprint density at radius 3 is 2.85 bits per heavy atom. The lowest BCUT2D eigenvalue weighted by Gasteiger charge is -2.11. The Hall–Kier alpha value is -2.60. The van der Waals surface area contributed by atoms with E-state index >= 15 is 0 Å². The number of hydrogen-bond acceptors (Lipinski definition) is 4. The number of aliphatic imine (C=N–C) groups is 1. The van der Waals surface area contributed by atoms with Crippen molar-refractivity contribution in [3.8, 4) is 5.69 Å². The molecular formula is C19H17ClFN5. The van der Waals surface area contributed by atoms with Gasteiger partial charge in [-0.25, -0.2) is 4.98 Å². The van der Waals surface area contributed by atoms with Crippen LogP contribution in [-0.2, 0) is 0 Å². The van der Waals surface area contributed by atoms with Crippen molar-refractivity contribution in [3.05, 3.63) is 70.8 Å². The van der Waals surface area contributed by atoms with Gasteiger partial charge >= 0.3 is 0 Å². The predicted octanol–water partition coefficient (Wildman–Crippen LogP) is 4.54. The van der Waals surface area contributed by atoms with Gasteiger partial charge in [-0.1, -0.05) is 49.6 Å². The largest absolute Gasteiger partial charge is 0.281 e. The van der Waals surface area contributed by atoms with Crippen LogP contribution >= 0.6 is 11.6 Å². The first-order chi connectivity index (χ1) is 12.7. The SMILES string of the molecule is CCCCC1N=C(c2ccccc2Cl)c2nc(F)ccc2-n2cnnc21. The van der Waals surface area contributed by atoms with E-state index in [0.717, 1.165) is 30.7 Å². The smallest absolute Gasteiger partial charge is 0.213 e. The van der Waals surface area contributed by atoms with Crippen LogP contribution < -0.4 is 0 Å². The molecule has 2 aromatic heterocycles. The van der Waals surface area contributed by atoms with Gasteiger partial charge in [0.15, 0.2) is 5.82 Å². The zero-order valence-corrected chi connectivity index (χ0v) is 15.0. The molecule has 0 bridgehead atoms. The minimum atomic E-state index is -0.565. The van der Waals surface area contributed by atoms with E-state index in [9.17, 15) is 4.39 Å². The highest BCUT2D eigenvalue weighted by Crippen LogP contribution is 2.33. The summed E-state index contributed by atoms with van der Waals surface area (Å²) in [6.07, 6.45) is 4.48. The maximum absolute atomic E-state index is 14.0. The quantitative estimate of drug-likeness (QED) is 0.634. The normalized spacial score (nSPS) is 15.8. The molecule has 26 heavy (non-hydrogen) atoms. The summed E-state index contributed by atoms with van der Waals surface area (Å²) in [7, 11) is 0. The van der Waals surface area contributed by atoms with Crippen molar-refractivity contribution in [2.24, 2.45) is 4.99 Å². The topological polar surface area (TPSA) is 56.0 Å². The summed E-state index contributed by atoms with van der Waals surface area (Å²) in [6.45, 7) is 2.13. The first-order valence-electron chi connectivity index (χ1n) is 8.59. The second kappa shape index (κ2) is 6.96. The summed E-state index contributed by atoms with van der Waals surface area (Å²) < 4.78 is 15.8. The van der Waals surface area contributed by atoms with Crippen molar-refractivity contribution in [2.75, 3.05) is 0 Å². The molecule has 4 rings (SSSR count). The van der Waals surface area contributed by atoms with Crippen LogP contribution in [-0.4, -0.2) is 25.5 Å². The second-order valence-corrected chi connectivity index (χ2v) is 6.58. The molecule has 1 atom stereocenters. The number of aromatic nitrogens is 4. The Morgan fingerprint density at radius 1 is 1.19 bits per heavy atom. The van der Waals surface area contributed by atoms with E-state index < -0.39 is 5.95 Å². The number of fused-ring (bicyclic) bond motifs is 3. The molecule has 132 valence electrons. The Morgan fingerprint density at radius 2 is 2.04 bits per heavy atom. The molecule has 0 fully saturated rings. The summed E-state index contributed by atoms with van der Waals surface area (Å²) in [5.74, 6) is 0.167. The number of rotatable bonds is 4. The van der Waals surface area contributed by atoms with Crippen molar-refractivity contribution >= 4 is 17.3 Å².